The standard InChI is InChI=1S/C25H40O5/c1-14(5-6-21(29)30-4)18-13-20(28)23-22-17(8-10-25(18,23)3)24(2)9-7-16(26)11-15(24)12-19(22)27/h13-17,19-20,22-23,26-28H,5-12H2,1-4H3/t14-,15+,16-,17?,19-,20+,22+,23?,24+,25-/m1/s1. The van der Waals surface area contributed by atoms with E-state index >= 15 is 0 Å². The molecule has 5 nitrogen and oxygen atoms in total. The van der Waals surface area contributed by atoms with Gasteiger partial charge in [-0.3, -0.25) is 4.79 Å². The van der Waals surface area contributed by atoms with Gasteiger partial charge in [0.2, 0.25) is 0 Å². The quantitative estimate of drug-likeness (QED) is 0.479. The molecule has 0 aromatic heterocycles. The topological polar surface area (TPSA) is 87.0 Å². The zero-order chi connectivity index (χ0) is 21.8. The van der Waals surface area contributed by atoms with Gasteiger partial charge in [0.05, 0.1) is 25.4 Å². The first-order valence-corrected chi connectivity index (χ1v) is 11.9. The van der Waals surface area contributed by atoms with Crippen molar-refractivity contribution in [3.63, 3.8) is 0 Å². The number of fused-ring (bicyclic) bond motifs is 5. The number of hydrogen-bond donors (Lipinski definition) is 3. The van der Waals surface area contributed by atoms with Gasteiger partial charge < -0.3 is 20.1 Å². The third-order valence-corrected chi connectivity index (χ3v) is 9.83. The molecule has 0 bridgehead atoms. The van der Waals surface area contributed by atoms with Crippen LogP contribution in [0.3, 0.4) is 0 Å². The lowest BCUT2D eigenvalue weighted by molar-refractivity contribution is -0.178. The molecule has 3 N–H and O–H groups in total. The third-order valence-electron chi connectivity index (χ3n) is 9.83. The Kier molecular flexibility index (Phi) is 5.87. The molecule has 0 aromatic rings. The maximum absolute atomic E-state index is 11.6. The first kappa shape index (κ1) is 22.3. The first-order chi connectivity index (χ1) is 14.1. The van der Waals surface area contributed by atoms with Crippen molar-refractivity contribution in [1.82, 2.24) is 0 Å². The Hall–Kier alpha value is -0.910. The predicted molar refractivity (Wildman–Crippen MR) is 114 cm³/mol. The number of aliphatic hydroxyl groups excluding tert-OH is 3. The summed E-state index contributed by atoms with van der Waals surface area (Å²) in [5.74, 6) is 0.909. The number of hydrogen-bond acceptors (Lipinski definition) is 5. The highest BCUT2D eigenvalue weighted by Gasteiger charge is 2.63. The van der Waals surface area contributed by atoms with Crippen molar-refractivity contribution in [2.45, 2.75) is 90.4 Å². The number of ether oxygens (including phenoxy) is 1. The molecule has 0 aliphatic heterocycles. The van der Waals surface area contributed by atoms with E-state index in [4.69, 9.17) is 4.74 Å². The van der Waals surface area contributed by atoms with Crippen molar-refractivity contribution in [1.29, 1.82) is 0 Å². The molecule has 3 fully saturated rings. The van der Waals surface area contributed by atoms with E-state index < -0.39 is 12.2 Å². The van der Waals surface area contributed by atoms with E-state index in [0.717, 1.165) is 44.9 Å². The summed E-state index contributed by atoms with van der Waals surface area (Å²) in [6, 6.07) is 0. The lowest BCUT2D eigenvalue weighted by atomic mass is 9.43. The SMILES string of the molecule is COC(=O)CC[C@@H](C)C1=C[C@H](O)C2[C@H]3C(CC[C@]12C)[C@@]1(C)CC[C@@H](O)C[C@H]1C[C@H]3O. The zero-order valence-electron chi connectivity index (χ0n) is 19.0. The molecule has 170 valence electrons. The van der Waals surface area contributed by atoms with Crippen LogP contribution < -0.4 is 0 Å². The molecule has 0 aromatic carbocycles. The van der Waals surface area contributed by atoms with Crippen LogP contribution in [-0.4, -0.2) is 46.7 Å². The van der Waals surface area contributed by atoms with E-state index in [9.17, 15) is 20.1 Å². The fourth-order valence-electron chi connectivity index (χ4n) is 8.20. The number of esters is 1. The molecular formula is C25H40O5. The number of carbonyl (C=O) groups excluding carboxylic acids is 1. The summed E-state index contributed by atoms with van der Waals surface area (Å²) >= 11 is 0. The highest BCUT2D eigenvalue weighted by molar-refractivity contribution is 5.69. The summed E-state index contributed by atoms with van der Waals surface area (Å²) in [5.41, 5.74) is 1.28. The Morgan fingerprint density at radius 1 is 1.20 bits per heavy atom. The van der Waals surface area contributed by atoms with Gasteiger partial charge in [0.25, 0.3) is 0 Å². The van der Waals surface area contributed by atoms with Gasteiger partial charge >= 0.3 is 5.97 Å². The molecule has 4 aliphatic rings. The smallest absolute Gasteiger partial charge is 0.305 e. The fraction of sp³-hybridized carbons (Fsp3) is 0.880. The summed E-state index contributed by atoms with van der Waals surface area (Å²) in [6.45, 7) is 6.80. The number of carbonyl (C=O) groups is 1. The van der Waals surface area contributed by atoms with Gasteiger partial charge in [0.15, 0.2) is 0 Å². The van der Waals surface area contributed by atoms with Crippen LogP contribution in [-0.2, 0) is 9.53 Å². The van der Waals surface area contributed by atoms with Crippen molar-refractivity contribution in [2.24, 2.45) is 40.4 Å². The molecule has 4 rings (SSSR count). The van der Waals surface area contributed by atoms with E-state index in [1.165, 1.54) is 12.7 Å². The van der Waals surface area contributed by atoms with Crippen molar-refractivity contribution >= 4 is 5.97 Å². The molecule has 10 atom stereocenters. The third kappa shape index (κ3) is 3.36. The van der Waals surface area contributed by atoms with Crippen LogP contribution in [0.5, 0.6) is 0 Å². The lowest BCUT2D eigenvalue weighted by Gasteiger charge is -2.62. The van der Waals surface area contributed by atoms with Gasteiger partial charge in [-0.15, -0.1) is 0 Å². The second-order valence-corrected chi connectivity index (χ2v) is 11.2. The van der Waals surface area contributed by atoms with E-state index in [1.807, 2.05) is 6.08 Å². The average molecular weight is 421 g/mol. The molecule has 3 saturated carbocycles. The fourth-order valence-corrected chi connectivity index (χ4v) is 8.20. The van der Waals surface area contributed by atoms with Crippen molar-refractivity contribution in [2.75, 3.05) is 7.11 Å². The summed E-state index contributed by atoms with van der Waals surface area (Å²) in [7, 11) is 1.42. The summed E-state index contributed by atoms with van der Waals surface area (Å²) in [4.78, 5) is 11.6. The molecule has 5 heteroatoms. The van der Waals surface area contributed by atoms with E-state index in [1.54, 1.807) is 0 Å². The molecule has 0 heterocycles. The normalized spacial score (nSPS) is 48.8. The highest BCUT2D eigenvalue weighted by atomic mass is 16.5. The van der Waals surface area contributed by atoms with Crippen molar-refractivity contribution in [3.05, 3.63) is 11.6 Å². The summed E-state index contributed by atoms with van der Waals surface area (Å²) in [6.07, 6.45) is 7.45. The minimum Gasteiger partial charge on any atom is -0.469 e. The van der Waals surface area contributed by atoms with Gasteiger partial charge in [-0.25, -0.2) is 0 Å². The number of rotatable bonds is 4. The Balaban J connectivity index is 1.58. The molecule has 4 aliphatic carbocycles. The molecule has 0 radical (unpaired) electrons. The predicted octanol–water partition coefficient (Wildman–Crippen LogP) is 3.46. The van der Waals surface area contributed by atoms with Crippen LogP contribution >= 0.6 is 0 Å². The molecular weight excluding hydrogens is 380 g/mol. The van der Waals surface area contributed by atoms with Crippen LogP contribution in [0.15, 0.2) is 11.6 Å². The summed E-state index contributed by atoms with van der Waals surface area (Å²) in [5, 5.41) is 32.7. The van der Waals surface area contributed by atoms with Crippen molar-refractivity contribution < 1.29 is 24.9 Å². The van der Waals surface area contributed by atoms with Gasteiger partial charge in [-0.2, -0.15) is 0 Å². The maximum atomic E-state index is 11.6. The lowest BCUT2D eigenvalue weighted by Crippen LogP contribution is -2.59. The summed E-state index contributed by atoms with van der Waals surface area (Å²) < 4.78 is 4.81. The second kappa shape index (κ2) is 7.90. The Labute approximate surface area is 180 Å². The van der Waals surface area contributed by atoms with Gasteiger partial charge in [0, 0.05) is 12.3 Å². The average Bonchev–Trinajstić information content (AvgIpc) is 2.98. The Morgan fingerprint density at radius 2 is 1.93 bits per heavy atom. The minimum atomic E-state index is -0.539. The molecule has 30 heavy (non-hydrogen) atoms. The maximum Gasteiger partial charge on any atom is 0.305 e. The van der Waals surface area contributed by atoms with Crippen LogP contribution in [0.2, 0.25) is 0 Å². The first-order valence-electron chi connectivity index (χ1n) is 11.9. The van der Waals surface area contributed by atoms with Crippen LogP contribution in [0.4, 0.5) is 0 Å². The number of aliphatic hydroxyl groups is 3. The van der Waals surface area contributed by atoms with Crippen LogP contribution in [0.25, 0.3) is 0 Å². The largest absolute Gasteiger partial charge is 0.469 e. The zero-order valence-corrected chi connectivity index (χ0v) is 19.0. The monoisotopic (exact) mass is 420 g/mol. The van der Waals surface area contributed by atoms with E-state index in [-0.39, 0.29) is 40.7 Å². The highest BCUT2D eigenvalue weighted by Crippen LogP contribution is 2.67. The van der Waals surface area contributed by atoms with Gasteiger partial charge in [0.1, 0.15) is 0 Å². The Bertz CT molecular complexity index is 704. The van der Waals surface area contributed by atoms with Gasteiger partial charge in [-0.05, 0) is 79.4 Å². The Morgan fingerprint density at radius 3 is 2.63 bits per heavy atom. The van der Waals surface area contributed by atoms with Crippen LogP contribution in [0, 0.1) is 40.4 Å². The number of methoxy groups -OCH3 is 1. The molecule has 2 unspecified atom stereocenters. The second-order valence-electron chi connectivity index (χ2n) is 11.2. The minimum absolute atomic E-state index is 0.0338. The van der Waals surface area contributed by atoms with Crippen molar-refractivity contribution in [3.8, 4) is 0 Å². The van der Waals surface area contributed by atoms with E-state index in [2.05, 4.69) is 20.8 Å². The van der Waals surface area contributed by atoms with Gasteiger partial charge in [-0.1, -0.05) is 32.4 Å². The number of allylic oxidation sites excluding steroid dienone is 1. The van der Waals surface area contributed by atoms with Crippen LogP contribution in [0.1, 0.15) is 72.1 Å². The molecule has 0 amide bonds. The molecule has 0 saturated heterocycles. The molecule has 0 spiro atoms. The van der Waals surface area contributed by atoms with E-state index in [0.29, 0.717) is 18.3 Å².